The van der Waals surface area contributed by atoms with Gasteiger partial charge in [-0.1, -0.05) is 6.92 Å². The maximum atomic E-state index is 5.21. The van der Waals surface area contributed by atoms with Crippen LogP contribution >= 0.6 is 0 Å². The molecule has 0 aliphatic rings. The molecule has 0 bridgehead atoms. The van der Waals surface area contributed by atoms with Gasteiger partial charge < -0.3 is 11.5 Å². The van der Waals surface area contributed by atoms with Crippen LogP contribution in [0.15, 0.2) is 11.9 Å². The molecule has 0 aliphatic carbocycles. The van der Waals surface area contributed by atoms with E-state index in [4.69, 9.17) is 11.5 Å². The van der Waals surface area contributed by atoms with Gasteiger partial charge in [0.25, 0.3) is 0 Å². The Morgan fingerprint density at radius 3 is 2.33 bits per heavy atom. The zero-order valence-electron chi connectivity index (χ0n) is 3.94. The van der Waals surface area contributed by atoms with E-state index in [-0.39, 0.29) is 0 Å². The van der Waals surface area contributed by atoms with Gasteiger partial charge in [-0.15, -0.1) is 0 Å². The van der Waals surface area contributed by atoms with Crippen molar-refractivity contribution in [2.75, 3.05) is 0 Å². The van der Waals surface area contributed by atoms with Gasteiger partial charge >= 0.3 is 0 Å². The molecule has 0 fully saturated rings. The summed E-state index contributed by atoms with van der Waals surface area (Å²) in [7, 11) is 0. The number of rotatable bonds is 1. The first-order valence-corrected chi connectivity index (χ1v) is 1.97. The quantitative estimate of drug-likeness (QED) is 0.477. The maximum Gasteiger partial charge on any atom is 0.0235 e. The van der Waals surface area contributed by atoms with Crippen molar-refractivity contribution in [2.24, 2.45) is 11.5 Å². The van der Waals surface area contributed by atoms with Crippen LogP contribution in [0.1, 0.15) is 13.3 Å². The van der Waals surface area contributed by atoms with Gasteiger partial charge in [-0.05, 0) is 6.42 Å². The van der Waals surface area contributed by atoms with Crippen molar-refractivity contribution >= 4 is 0 Å². The third kappa shape index (κ3) is 1.64. The van der Waals surface area contributed by atoms with Crippen LogP contribution in [0.3, 0.4) is 0 Å². The summed E-state index contributed by atoms with van der Waals surface area (Å²) in [5, 5.41) is 0. The van der Waals surface area contributed by atoms with E-state index in [0.717, 1.165) is 12.1 Å². The summed E-state index contributed by atoms with van der Waals surface area (Å²) in [6.07, 6.45) is 2.26. The minimum Gasteiger partial charge on any atom is -0.403 e. The van der Waals surface area contributed by atoms with Crippen molar-refractivity contribution in [1.29, 1.82) is 0 Å². The lowest BCUT2D eigenvalue weighted by Gasteiger charge is -1.86. The van der Waals surface area contributed by atoms with E-state index in [2.05, 4.69) is 0 Å². The summed E-state index contributed by atoms with van der Waals surface area (Å²) in [5.41, 5.74) is 10.9. The van der Waals surface area contributed by atoms with Crippen molar-refractivity contribution in [3.05, 3.63) is 11.9 Å². The lowest BCUT2D eigenvalue weighted by atomic mass is 10.4. The first-order valence-electron chi connectivity index (χ1n) is 1.97. The smallest absolute Gasteiger partial charge is 0.0235 e. The Bertz CT molecular complexity index is 56.6. The Morgan fingerprint density at radius 1 is 1.83 bits per heavy atom. The molecule has 0 saturated heterocycles. The summed E-state index contributed by atoms with van der Waals surface area (Å²) < 4.78 is 0. The molecule has 0 spiro atoms. The minimum atomic E-state index is 0.745. The van der Waals surface area contributed by atoms with Gasteiger partial charge in [0.1, 0.15) is 0 Å². The van der Waals surface area contributed by atoms with Gasteiger partial charge in [-0.25, -0.2) is 0 Å². The predicted octanol–water partition coefficient (Wildman–Crippen LogP) is 0.155. The minimum absolute atomic E-state index is 0.745. The predicted molar refractivity (Wildman–Crippen MR) is 26.7 cm³/mol. The molecule has 0 heterocycles. The van der Waals surface area contributed by atoms with Crippen molar-refractivity contribution < 1.29 is 0 Å². The summed E-state index contributed by atoms with van der Waals surface area (Å²) in [6.45, 7) is 1.96. The summed E-state index contributed by atoms with van der Waals surface area (Å²) in [5.74, 6) is 0. The van der Waals surface area contributed by atoms with Gasteiger partial charge in [0.2, 0.25) is 0 Å². The highest BCUT2D eigenvalue weighted by Crippen LogP contribution is 1.82. The van der Waals surface area contributed by atoms with Gasteiger partial charge in [0, 0.05) is 11.9 Å². The molecule has 0 aromatic carbocycles. The maximum absolute atomic E-state index is 5.21. The fraction of sp³-hybridized carbons (Fsp3) is 0.500. The average molecular weight is 86.1 g/mol. The van der Waals surface area contributed by atoms with Crippen LogP contribution in [-0.4, -0.2) is 0 Å². The summed E-state index contributed by atoms with van der Waals surface area (Å²) in [6, 6.07) is 0. The van der Waals surface area contributed by atoms with Crippen LogP contribution in [0, 0.1) is 0 Å². The van der Waals surface area contributed by atoms with E-state index in [1.165, 1.54) is 6.20 Å². The van der Waals surface area contributed by atoms with Crippen LogP contribution in [0.25, 0.3) is 0 Å². The third-order valence-corrected chi connectivity index (χ3v) is 0.622. The molecule has 0 aliphatic heterocycles. The Labute approximate surface area is 37.8 Å². The normalized spacial score (nSPS) is 11.8. The van der Waals surface area contributed by atoms with E-state index >= 15 is 0 Å². The second-order valence-electron chi connectivity index (χ2n) is 1.10. The van der Waals surface area contributed by atoms with Crippen molar-refractivity contribution in [3.8, 4) is 0 Å². The van der Waals surface area contributed by atoms with Crippen LogP contribution in [0.2, 0.25) is 0 Å². The summed E-state index contributed by atoms with van der Waals surface area (Å²) in [4.78, 5) is 0. The SMILES string of the molecule is CC/C(N)=C\N. The second-order valence-corrected chi connectivity index (χ2v) is 1.10. The molecule has 36 valence electrons. The Hall–Kier alpha value is -0.660. The Kier molecular flexibility index (Phi) is 2.29. The lowest BCUT2D eigenvalue weighted by Crippen LogP contribution is -1.97. The number of nitrogens with two attached hydrogens (primary N) is 2. The van der Waals surface area contributed by atoms with Crippen LogP contribution in [-0.2, 0) is 0 Å². The van der Waals surface area contributed by atoms with Gasteiger partial charge in [-0.3, -0.25) is 0 Å². The zero-order valence-corrected chi connectivity index (χ0v) is 3.94. The fourth-order valence-corrected chi connectivity index (χ4v) is 0.118. The van der Waals surface area contributed by atoms with Crippen LogP contribution in [0.4, 0.5) is 0 Å². The van der Waals surface area contributed by atoms with Gasteiger partial charge in [0.15, 0.2) is 0 Å². The first-order chi connectivity index (χ1) is 2.81. The topological polar surface area (TPSA) is 52.0 Å². The van der Waals surface area contributed by atoms with E-state index < -0.39 is 0 Å². The molecule has 2 nitrogen and oxygen atoms in total. The highest BCUT2D eigenvalue weighted by atomic mass is 14.6. The molecule has 0 radical (unpaired) electrons. The molecule has 2 heteroatoms. The van der Waals surface area contributed by atoms with Crippen molar-refractivity contribution in [3.63, 3.8) is 0 Å². The standard InChI is InChI=1S/C4H10N2/c1-2-4(6)3-5/h3H,2,5-6H2,1H3/b4-3+. The molecule has 4 N–H and O–H groups in total. The van der Waals surface area contributed by atoms with E-state index in [0.29, 0.717) is 0 Å². The average Bonchev–Trinajstić information content (AvgIpc) is 1.65. The molecule has 0 aromatic rings. The van der Waals surface area contributed by atoms with Gasteiger partial charge in [0.05, 0.1) is 0 Å². The molecule has 0 saturated carbocycles. The highest BCUT2D eigenvalue weighted by Gasteiger charge is 1.73. The molecule has 6 heavy (non-hydrogen) atoms. The van der Waals surface area contributed by atoms with E-state index in [1.54, 1.807) is 0 Å². The van der Waals surface area contributed by atoms with Crippen LogP contribution < -0.4 is 11.5 Å². The molecule has 0 atom stereocenters. The zero-order chi connectivity index (χ0) is 4.99. The number of hydrogen-bond donors (Lipinski definition) is 2. The van der Waals surface area contributed by atoms with E-state index in [9.17, 15) is 0 Å². The Balaban J connectivity index is 3.22. The molecular formula is C4H10N2. The first kappa shape index (κ1) is 5.34. The van der Waals surface area contributed by atoms with Crippen molar-refractivity contribution in [1.82, 2.24) is 0 Å². The monoisotopic (exact) mass is 86.1 g/mol. The number of allylic oxidation sites excluding steroid dienone is 1. The second kappa shape index (κ2) is 2.57. The van der Waals surface area contributed by atoms with Crippen LogP contribution in [0.5, 0.6) is 0 Å². The Morgan fingerprint density at radius 2 is 2.33 bits per heavy atom. The molecule has 0 rings (SSSR count). The lowest BCUT2D eigenvalue weighted by molar-refractivity contribution is 1.06. The fourth-order valence-electron chi connectivity index (χ4n) is 0.118. The van der Waals surface area contributed by atoms with Gasteiger partial charge in [-0.2, -0.15) is 0 Å². The third-order valence-electron chi connectivity index (χ3n) is 0.622. The van der Waals surface area contributed by atoms with E-state index in [1.807, 2.05) is 6.92 Å². The van der Waals surface area contributed by atoms with Crippen molar-refractivity contribution in [2.45, 2.75) is 13.3 Å². The molecule has 0 aromatic heterocycles. The molecular weight excluding hydrogens is 76.1 g/mol. The molecule has 0 amide bonds. The summed E-state index contributed by atoms with van der Waals surface area (Å²) >= 11 is 0. The largest absolute Gasteiger partial charge is 0.403 e. The molecule has 0 unspecified atom stereocenters. The highest BCUT2D eigenvalue weighted by molar-refractivity contribution is 4.90. The number of hydrogen-bond acceptors (Lipinski definition) is 2.